The van der Waals surface area contributed by atoms with Crippen LogP contribution in [0.5, 0.6) is 0 Å². The molecule has 22 heavy (non-hydrogen) atoms. The van der Waals surface area contributed by atoms with Gasteiger partial charge in [-0.3, -0.25) is 4.57 Å². The van der Waals surface area contributed by atoms with Gasteiger partial charge in [0.1, 0.15) is 5.00 Å². The van der Waals surface area contributed by atoms with E-state index in [0.29, 0.717) is 0 Å². The van der Waals surface area contributed by atoms with E-state index in [4.69, 9.17) is 23.8 Å². The Hall–Kier alpha value is -1.62. The molecule has 0 aliphatic heterocycles. The van der Waals surface area contributed by atoms with E-state index in [1.807, 2.05) is 56.6 Å². The lowest BCUT2D eigenvalue weighted by molar-refractivity contribution is 1.06. The maximum atomic E-state index is 6.03. The Morgan fingerprint density at radius 1 is 1.00 bits per heavy atom. The Bertz CT molecular complexity index is 833. The molecular weight excluding hydrogens is 332 g/mol. The summed E-state index contributed by atoms with van der Waals surface area (Å²) in [4.78, 5) is 2.10. The molecule has 3 rings (SSSR count). The Kier molecular flexibility index (Phi) is 4.34. The van der Waals surface area contributed by atoms with Crippen molar-refractivity contribution in [3.63, 3.8) is 0 Å². The quantitative estimate of drug-likeness (QED) is 0.566. The van der Waals surface area contributed by atoms with Crippen LogP contribution in [0.1, 0.15) is 0 Å². The van der Waals surface area contributed by atoms with Crippen LogP contribution in [-0.4, -0.2) is 18.7 Å². The lowest BCUT2D eigenvalue weighted by Gasteiger charge is -2.15. The van der Waals surface area contributed by atoms with E-state index in [9.17, 15) is 0 Å². The van der Waals surface area contributed by atoms with Crippen LogP contribution in [0.15, 0.2) is 54.6 Å². The summed E-state index contributed by atoms with van der Waals surface area (Å²) in [5.41, 5.74) is 3.27. The molecule has 0 unspecified atom stereocenters. The fourth-order valence-electron chi connectivity index (χ4n) is 2.34. The van der Waals surface area contributed by atoms with E-state index in [0.717, 1.165) is 30.9 Å². The molecule has 5 heteroatoms. The van der Waals surface area contributed by atoms with Crippen molar-refractivity contribution < 1.29 is 0 Å². The van der Waals surface area contributed by atoms with E-state index in [1.54, 1.807) is 11.3 Å². The van der Waals surface area contributed by atoms with Crippen molar-refractivity contribution in [2.45, 2.75) is 0 Å². The zero-order chi connectivity index (χ0) is 15.7. The normalized spacial score (nSPS) is 10.7. The summed E-state index contributed by atoms with van der Waals surface area (Å²) < 4.78 is 2.96. The van der Waals surface area contributed by atoms with Crippen LogP contribution < -0.4 is 4.90 Å². The van der Waals surface area contributed by atoms with Gasteiger partial charge in [0.25, 0.3) is 0 Å². The van der Waals surface area contributed by atoms with Gasteiger partial charge in [-0.15, -0.1) is 0 Å². The highest BCUT2D eigenvalue weighted by Gasteiger charge is 2.17. The number of para-hydroxylation sites is 1. The summed E-state index contributed by atoms with van der Waals surface area (Å²) in [5, 5.41) is 1.87. The number of thiazole rings is 1. The topological polar surface area (TPSA) is 8.17 Å². The second kappa shape index (κ2) is 6.24. The molecule has 0 atom stereocenters. The van der Waals surface area contributed by atoms with Gasteiger partial charge in [0, 0.05) is 30.4 Å². The number of hydrogen-bond donors (Lipinski definition) is 0. The van der Waals surface area contributed by atoms with Gasteiger partial charge < -0.3 is 4.90 Å². The van der Waals surface area contributed by atoms with Crippen molar-refractivity contribution in [1.82, 2.24) is 4.57 Å². The van der Waals surface area contributed by atoms with Gasteiger partial charge in [0.15, 0.2) is 3.95 Å². The molecule has 0 aliphatic rings. The van der Waals surface area contributed by atoms with Crippen LogP contribution in [0.4, 0.5) is 5.00 Å². The monoisotopic (exact) mass is 346 g/mol. The number of rotatable bonds is 3. The highest BCUT2D eigenvalue weighted by atomic mass is 35.5. The van der Waals surface area contributed by atoms with E-state index >= 15 is 0 Å². The van der Waals surface area contributed by atoms with Crippen molar-refractivity contribution in [3.05, 3.63) is 63.6 Å². The molecule has 0 spiro atoms. The van der Waals surface area contributed by atoms with Crippen LogP contribution in [0.2, 0.25) is 5.02 Å². The minimum atomic E-state index is 0.732. The fourth-order valence-corrected chi connectivity index (χ4v) is 3.84. The summed E-state index contributed by atoms with van der Waals surface area (Å²) in [6.45, 7) is 0. The number of anilines is 1. The first kappa shape index (κ1) is 15.3. The number of hydrogen-bond acceptors (Lipinski definition) is 3. The summed E-state index contributed by atoms with van der Waals surface area (Å²) in [5.74, 6) is 0. The summed E-state index contributed by atoms with van der Waals surface area (Å²) in [7, 11) is 4.07. The fraction of sp³-hybridized carbons (Fsp3) is 0.118. The van der Waals surface area contributed by atoms with Crippen LogP contribution in [0.25, 0.3) is 16.9 Å². The van der Waals surface area contributed by atoms with Gasteiger partial charge >= 0.3 is 0 Å². The van der Waals surface area contributed by atoms with Crippen molar-refractivity contribution in [2.24, 2.45) is 0 Å². The molecule has 0 fully saturated rings. The first-order valence-corrected chi connectivity index (χ1v) is 8.42. The van der Waals surface area contributed by atoms with Crippen molar-refractivity contribution in [3.8, 4) is 16.9 Å². The molecule has 0 saturated carbocycles. The maximum absolute atomic E-state index is 6.03. The van der Waals surface area contributed by atoms with Crippen LogP contribution in [-0.2, 0) is 0 Å². The summed E-state index contributed by atoms with van der Waals surface area (Å²) in [6.07, 6.45) is 0. The Balaban J connectivity index is 2.31. The molecule has 0 saturated heterocycles. The zero-order valence-corrected chi connectivity index (χ0v) is 14.7. The Morgan fingerprint density at radius 2 is 1.64 bits per heavy atom. The number of aromatic nitrogens is 1. The van der Waals surface area contributed by atoms with Gasteiger partial charge in [-0.2, -0.15) is 0 Å². The van der Waals surface area contributed by atoms with E-state index in [1.165, 1.54) is 0 Å². The third-order valence-electron chi connectivity index (χ3n) is 3.33. The molecule has 0 bridgehead atoms. The van der Waals surface area contributed by atoms with Crippen LogP contribution in [0, 0.1) is 3.95 Å². The summed E-state index contributed by atoms with van der Waals surface area (Å²) >= 11 is 13.3. The zero-order valence-electron chi connectivity index (χ0n) is 12.3. The molecule has 1 aromatic heterocycles. The predicted octanol–water partition coefficient (Wildman–Crippen LogP) is 5.65. The third kappa shape index (κ3) is 2.82. The highest BCUT2D eigenvalue weighted by Crippen LogP contribution is 2.38. The predicted molar refractivity (Wildman–Crippen MR) is 99.3 cm³/mol. The largest absolute Gasteiger partial charge is 0.368 e. The minimum absolute atomic E-state index is 0.732. The van der Waals surface area contributed by atoms with Crippen molar-refractivity contribution in [2.75, 3.05) is 19.0 Å². The average molecular weight is 347 g/mol. The maximum Gasteiger partial charge on any atom is 0.168 e. The second-order valence-corrected chi connectivity index (χ2v) is 7.15. The van der Waals surface area contributed by atoms with Gasteiger partial charge in [-0.25, -0.2) is 0 Å². The first-order valence-electron chi connectivity index (χ1n) is 6.82. The molecule has 112 valence electrons. The van der Waals surface area contributed by atoms with Gasteiger partial charge in [-0.05, 0) is 36.5 Å². The molecule has 0 aliphatic carbocycles. The molecule has 0 amide bonds. The number of nitrogens with zero attached hydrogens (tertiary/aromatic N) is 2. The van der Waals surface area contributed by atoms with Crippen LogP contribution in [0.3, 0.4) is 0 Å². The first-order chi connectivity index (χ1) is 10.6. The summed E-state index contributed by atoms with van der Waals surface area (Å²) in [6, 6.07) is 18.1. The average Bonchev–Trinajstić information content (AvgIpc) is 2.86. The number of halogens is 1. The third-order valence-corrected chi connectivity index (χ3v) is 5.12. The molecule has 0 N–H and O–H groups in total. The second-order valence-electron chi connectivity index (χ2n) is 5.09. The standard InChI is InChI=1S/C17H15ClN2S2/c1-19(2)16-15(12-8-10-13(18)11-9-12)20(17(21)22-16)14-6-4-3-5-7-14/h3-11H,1-2H3. The van der Waals surface area contributed by atoms with Gasteiger partial charge in [0.2, 0.25) is 0 Å². The Labute approximate surface area is 144 Å². The molecule has 0 radical (unpaired) electrons. The van der Waals surface area contributed by atoms with Crippen LogP contribution >= 0.6 is 35.2 Å². The molecule has 2 nitrogen and oxygen atoms in total. The molecule has 3 aromatic rings. The Morgan fingerprint density at radius 3 is 2.23 bits per heavy atom. The lowest BCUT2D eigenvalue weighted by Crippen LogP contribution is -2.09. The molecule has 1 heterocycles. The highest BCUT2D eigenvalue weighted by molar-refractivity contribution is 7.73. The smallest absolute Gasteiger partial charge is 0.168 e. The SMILES string of the molecule is CN(C)c1sc(=S)n(-c2ccccc2)c1-c1ccc(Cl)cc1. The van der Waals surface area contributed by atoms with E-state index in [2.05, 4.69) is 21.6 Å². The van der Waals surface area contributed by atoms with Gasteiger partial charge in [0.05, 0.1) is 5.69 Å². The van der Waals surface area contributed by atoms with Crippen molar-refractivity contribution in [1.29, 1.82) is 0 Å². The minimum Gasteiger partial charge on any atom is -0.368 e. The van der Waals surface area contributed by atoms with E-state index in [-0.39, 0.29) is 0 Å². The molecule has 2 aromatic carbocycles. The number of benzene rings is 2. The van der Waals surface area contributed by atoms with Crippen molar-refractivity contribution >= 4 is 40.2 Å². The van der Waals surface area contributed by atoms with Gasteiger partial charge in [-0.1, -0.05) is 53.3 Å². The lowest BCUT2D eigenvalue weighted by atomic mass is 10.1. The molecular formula is C17H15ClN2S2. The van der Waals surface area contributed by atoms with E-state index < -0.39 is 0 Å².